The molecule has 2 fully saturated rings. The Kier molecular flexibility index (Phi) is 7.66. The number of methoxy groups -OCH3 is 3. The fourth-order valence-electron chi connectivity index (χ4n) is 5.57. The molecule has 1 aliphatic carbocycles. The number of nitrogens with one attached hydrogen (secondary N) is 1. The average Bonchev–Trinajstić information content (AvgIpc) is 2.91. The summed E-state index contributed by atoms with van der Waals surface area (Å²) in [6.45, 7) is 2.97. The summed E-state index contributed by atoms with van der Waals surface area (Å²) in [5.41, 5.74) is 6.19. The lowest BCUT2D eigenvalue weighted by Gasteiger charge is -2.37. The van der Waals surface area contributed by atoms with Crippen LogP contribution in [0.4, 0.5) is 5.69 Å². The second kappa shape index (κ2) is 11.3. The van der Waals surface area contributed by atoms with Crippen LogP contribution in [0, 0.1) is 0 Å². The van der Waals surface area contributed by atoms with Gasteiger partial charge in [0.05, 0.1) is 21.3 Å². The molecule has 1 saturated carbocycles. The lowest BCUT2D eigenvalue weighted by molar-refractivity contribution is 0.337. The maximum Gasteiger partial charge on any atom is 0.164 e. The first kappa shape index (κ1) is 24.5. The molecule has 2 aliphatic rings. The summed E-state index contributed by atoms with van der Waals surface area (Å²) in [6, 6.07) is 22.3. The van der Waals surface area contributed by atoms with Gasteiger partial charge in [0.1, 0.15) is 5.75 Å². The molecule has 1 saturated heterocycles. The normalized spacial score (nSPS) is 16.3. The van der Waals surface area contributed by atoms with Crippen molar-refractivity contribution in [1.29, 1.82) is 0 Å². The molecule has 0 unspecified atom stereocenters. The lowest BCUT2D eigenvalue weighted by atomic mass is 9.78. The molecule has 0 radical (unpaired) electrons. The Balaban J connectivity index is 1.48. The van der Waals surface area contributed by atoms with Crippen LogP contribution in [0.15, 0.2) is 60.7 Å². The van der Waals surface area contributed by atoms with E-state index in [0.29, 0.717) is 12.0 Å². The van der Waals surface area contributed by atoms with Crippen LogP contribution in [0.5, 0.6) is 17.2 Å². The third-order valence-corrected chi connectivity index (χ3v) is 7.80. The molecule has 5 nitrogen and oxygen atoms in total. The van der Waals surface area contributed by atoms with Gasteiger partial charge in [0.2, 0.25) is 0 Å². The van der Waals surface area contributed by atoms with Gasteiger partial charge in [0.15, 0.2) is 11.5 Å². The van der Waals surface area contributed by atoms with Gasteiger partial charge in [-0.25, -0.2) is 0 Å². The molecule has 0 spiro atoms. The Morgan fingerprint density at radius 2 is 1.61 bits per heavy atom. The van der Waals surface area contributed by atoms with Crippen LogP contribution in [0.25, 0.3) is 11.1 Å². The average molecular weight is 487 g/mol. The van der Waals surface area contributed by atoms with Crippen LogP contribution >= 0.6 is 0 Å². The SMILES string of the molecule is COc1cccc(N(Cc2cccc(-c3cc(OC)c(OC)c(C4CCC4)c3)c2)C2CCNCC2)c1. The number of benzene rings is 3. The summed E-state index contributed by atoms with van der Waals surface area (Å²) in [5, 5.41) is 3.51. The van der Waals surface area contributed by atoms with E-state index in [1.807, 2.05) is 6.07 Å². The van der Waals surface area contributed by atoms with Gasteiger partial charge in [0, 0.05) is 29.9 Å². The number of rotatable bonds is 9. The highest BCUT2D eigenvalue weighted by Crippen LogP contribution is 2.46. The van der Waals surface area contributed by atoms with Crippen molar-refractivity contribution in [3.05, 3.63) is 71.8 Å². The van der Waals surface area contributed by atoms with Crippen LogP contribution in [0.2, 0.25) is 0 Å². The molecule has 190 valence electrons. The molecule has 1 aliphatic heterocycles. The molecule has 0 amide bonds. The predicted octanol–water partition coefficient (Wildman–Crippen LogP) is 6.41. The lowest BCUT2D eigenvalue weighted by Crippen LogP contribution is -2.43. The van der Waals surface area contributed by atoms with E-state index in [2.05, 4.69) is 64.8 Å². The first-order valence-corrected chi connectivity index (χ1v) is 13.2. The number of ether oxygens (including phenoxy) is 3. The highest BCUT2D eigenvalue weighted by atomic mass is 16.5. The molecule has 0 atom stereocenters. The van der Waals surface area contributed by atoms with Crippen LogP contribution in [0.3, 0.4) is 0 Å². The fourth-order valence-corrected chi connectivity index (χ4v) is 5.57. The molecule has 3 aromatic rings. The van der Waals surface area contributed by atoms with Crippen molar-refractivity contribution in [2.45, 2.75) is 50.6 Å². The van der Waals surface area contributed by atoms with Crippen molar-refractivity contribution in [1.82, 2.24) is 5.32 Å². The molecule has 1 N–H and O–H groups in total. The van der Waals surface area contributed by atoms with Crippen molar-refractivity contribution >= 4 is 5.69 Å². The zero-order valence-corrected chi connectivity index (χ0v) is 21.8. The van der Waals surface area contributed by atoms with Crippen molar-refractivity contribution in [3.63, 3.8) is 0 Å². The van der Waals surface area contributed by atoms with Gasteiger partial charge in [-0.3, -0.25) is 0 Å². The monoisotopic (exact) mass is 486 g/mol. The van der Waals surface area contributed by atoms with Crippen molar-refractivity contribution in [2.24, 2.45) is 0 Å². The van der Waals surface area contributed by atoms with Crippen LogP contribution in [0.1, 0.15) is 49.1 Å². The highest BCUT2D eigenvalue weighted by Gasteiger charge is 2.26. The van der Waals surface area contributed by atoms with Crippen molar-refractivity contribution < 1.29 is 14.2 Å². The maximum atomic E-state index is 5.78. The number of hydrogen-bond donors (Lipinski definition) is 1. The summed E-state index contributed by atoms with van der Waals surface area (Å²) in [4.78, 5) is 2.55. The molecular formula is C31H38N2O3. The molecule has 36 heavy (non-hydrogen) atoms. The number of anilines is 1. The number of piperidine rings is 1. The minimum atomic E-state index is 0.494. The van der Waals surface area contributed by atoms with E-state index < -0.39 is 0 Å². The largest absolute Gasteiger partial charge is 0.497 e. The molecule has 3 aromatic carbocycles. The van der Waals surface area contributed by atoms with E-state index in [1.165, 1.54) is 47.2 Å². The van der Waals surface area contributed by atoms with Gasteiger partial charge in [-0.05, 0) is 91.7 Å². The van der Waals surface area contributed by atoms with Gasteiger partial charge in [-0.15, -0.1) is 0 Å². The molecule has 0 bridgehead atoms. The highest BCUT2D eigenvalue weighted by molar-refractivity contribution is 5.70. The van der Waals surface area contributed by atoms with Gasteiger partial charge >= 0.3 is 0 Å². The van der Waals surface area contributed by atoms with Crippen molar-refractivity contribution in [2.75, 3.05) is 39.3 Å². The Hall–Kier alpha value is -3.18. The minimum Gasteiger partial charge on any atom is -0.497 e. The first-order chi connectivity index (χ1) is 17.7. The Morgan fingerprint density at radius 1 is 0.806 bits per heavy atom. The van der Waals surface area contributed by atoms with E-state index in [4.69, 9.17) is 14.2 Å². The summed E-state index contributed by atoms with van der Waals surface area (Å²) in [5.74, 6) is 3.15. The topological polar surface area (TPSA) is 43.0 Å². The zero-order chi connectivity index (χ0) is 24.9. The zero-order valence-electron chi connectivity index (χ0n) is 21.8. The molecule has 1 heterocycles. The van der Waals surface area contributed by atoms with Crippen LogP contribution in [-0.2, 0) is 6.54 Å². The fraction of sp³-hybridized carbons (Fsp3) is 0.419. The minimum absolute atomic E-state index is 0.494. The second-order valence-electron chi connectivity index (χ2n) is 9.94. The number of hydrogen-bond acceptors (Lipinski definition) is 5. The summed E-state index contributed by atoms with van der Waals surface area (Å²) < 4.78 is 17.1. The van der Waals surface area contributed by atoms with Gasteiger partial charge < -0.3 is 24.4 Å². The Bertz CT molecular complexity index is 1170. The third-order valence-electron chi connectivity index (χ3n) is 7.80. The Labute approximate surface area is 215 Å². The molecule has 5 heteroatoms. The molecule has 0 aromatic heterocycles. The summed E-state index contributed by atoms with van der Waals surface area (Å²) in [7, 11) is 5.21. The van der Waals surface area contributed by atoms with E-state index in [0.717, 1.165) is 49.7 Å². The third kappa shape index (κ3) is 5.17. The van der Waals surface area contributed by atoms with Gasteiger partial charge in [-0.1, -0.05) is 30.7 Å². The summed E-state index contributed by atoms with van der Waals surface area (Å²) >= 11 is 0. The van der Waals surface area contributed by atoms with Crippen LogP contribution in [-0.4, -0.2) is 40.5 Å². The number of nitrogens with zero attached hydrogens (tertiary/aromatic N) is 1. The Morgan fingerprint density at radius 3 is 2.31 bits per heavy atom. The standard InChI is InChI=1S/C31H38N2O3/c1-34-28-12-6-11-27(20-28)33(26-13-15-32-16-14-26)21-22-7-4-10-24(17-22)25-18-29(23-8-5-9-23)31(36-3)30(19-25)35-2/h4,6-7,10-12,17-20,23,26,32H,5,8-9,13-16,21H2,1-3H3. The van der Waals surface area contributed by atoms with E-state index in [9.17, 15) is 0 Å². The first-order valence-electron chi connectivity index (χ1n) is 13.2. The van der Waals surface area contributed by atoms with Crippen LogP contribution < -0.4 is 24.4 Å². The van der Waals surface area contributed by atoms with Gasteiger partial charge in [-0.2, -0.15) is 0 Å². The molecule has 5 rings (SSSR count). The quantitative estimate of drug-likeness (QED) is 0.379. The smallest absolute Gasteiger partial charge is 0.164 e. The van der Waals surface area contributed by atoms with Crippen molar-refractivity contribution in [3.8, 4) is 28.4 Å². The van der Waals surface area contributed by atoms with E-state index >= 15 is 0 Å². The van der Waals surface area contributed by atoms with Gasteiger partial charge in [0.25, 0.3) is 0 Å². The van der Waals surface area contributed by atoms with E-state index in [1.54, 1.807) is 21.3 Å². The maximum absolute atomic E-state index is 5.78. The molecular weight excluding hydrogens is 448 g/mol. The summed E-state index contributed by atoms with van der Waals surface area (Å²) in [6.07, 6.45) is 5.99. The second-order valence-corrected chi connectivity index (χ2v) is 9.94. The predicted molar refractivity (Wildman–Crippen MR) is 147 cm³/mol. The van der Waals surface area contributed by atoms with E-state index in [-0.39, 0.29) is 0 Å².